The Morgan fingerprint density at radius 2 is 2.19 bits per heavy atom. The number of ether oxygens (including phenoxy) is 1. The van der Waals surface area contributed by atoms with Crippen molar-refractivity contribution in [2.75, 3.05) is 26.2 Å². The summed E-state index contributed by atoms with van der Waals surface area (Å²) in [4.78, 5) is 16.5. The average molecular weight is 424 g/mol. The smallest absolute Gasteiger partial charge is 0.240 e. The Balaban J connectivity index is 0.00000169. The highest BCUT2D eigenvalue weighted by atomic mass is 35.5. The minimum atomic E-state index is -0.824. The first kappa shape index (κ1) is 23.7. The van der Waals surface area contributed by atoms with Gasteiger partial charge in [0.2, 0.25) is 5.91 Å². The Morgan fingerprint density at radius 3 is 2.85 bits per heavy atom. The van der Waals surface area contributed by atoms with Crippen molar-refractivity contribution in [1.29, 1.82) is 0 Å². The average Bonchev–Trinajstić information content (AvgIpc) is 3.02. The Morgan fingerprint density at radius 1 is 1.46 bits per heavy atom. The Labute approximate surface area is 172 Å². The van der Waals surface area contributed by atoms with E-state index in [9.17, 15) is 4.79 Å². The SMILES string of the molecule is CCOC1CC(N)(C(=O)NCCN2CCc3sccc3C2)C1(C)C.Cl.Cl. The molecule has 0 spiro atoms. The minimum absolute atomic E-state index is 0. The third kappa shape index (κ3) is 4.21. The van der Waals surface area contributed by atoms with Crippen molar-refractivity contribution < 1.29 is 9.53 Å². The lowest BCUT2D eigenvalue weighted by Crippen LogP contribution is -2.75. The lowest BCUT2D eigenvalue weighted by atomic mass is 9.54. The number of hydrogen-bond donors (Lipinski definition) is 2. The zero-order valence-electron chi connectivity index (χ0n) is 15.7. The first-order valence-electron chi connectivity index (χ1n) is 8.85. The van der Waals surface area contributed by atoms with Crippen LogP contribution in [0.4, 0.5) is 0 Å². The van der Waals surface area contributed by atoms with Crippen LogP contribution in [0.5, 0.6) is 0 Å². The number of nitrogens with zero attached hydrogens (tertiary/aromatic N) is 1. The summed E-state index contributed by atoms with van der Waals surface area (Å²) in [6, 6.07) is 2.21. The van der Waals surface area contributed by atoms with Crippen LogP contribution >= 0.6 is 36.2 Å². The molecule has 5 nitrogen and oxygen atoms in total. The second kappa shape index (κ2) is 9.22. The number of carbonyl (C=O) groups is 1. The zero-order valence-corrected chi connectivity index (χ0v) is 18.2. The molecule has 26 heavy (non-hydrogen) atoms. The summed E-state index contributed by atoms with van der Waals surface area (Å²) in [6.45, 7) is 10.3. The van der Waals surface area contributed by atoms with Crippen LogP contribution in [-0.4, -0.2) is 48.7 Å². The molecular weight excluding hydrogens is 393 g/mol. The van der Waals surface area contributed by atoms with Gasteiger partial charge in [0.1, 0.15) is 5.54 Å². The normalized spacial score (nSPS) is 26.7. The van der Waals surface area contributed by atoms with E-state index in [-0.39, 0.29) is 42.2 Å². The van der Waals surface area contributed by atoms with E-state index in [4.69, 9.17) is 10.5 Å². The summed E-state index contributed by atoms with van der Waals surface area (Å²) in [7, 11) is 0. The number of carbonyl (C=O) groups excluding carboxylic acids is 1. The van der Waals surface area contributed by atoms with Crippen molar-refractivity contribution >= 4 is 42.1 Å². The van der Waals surface area contributed by atoms with Crippen molar-refractivity contribution in [3.8, 4) is 0 Å². The van der Waals surface area contributed by atoms with Gasteiger partial charge in [-0.25, -0.2) is 0 Å². The summed E-state index contributed by atoms with van der Waals surface area (Å²) in [6.07, 6.45) is 1.78. The van der Waals surface area contributed by atoms with Gasteiger partial charge < -0.3 is 15.8 Å². The molecule has 0 aromatic carbocycles. The van der Waals surface area contributed by atoms with Gasteiger partial charge in [0.05, 0.1) is 6.10 Å². The van der Waals surface area contributed by atoms with Gasteiger partial charge in [0.15, 0.2) is 0 Å². The first-order valence-corrected chi connectivity index (χ1v) is 9.73. The fourth-order valence-corrected chi connectivity index (χ4v) is 4.69. The predicted molar refractivity (Wildman–Crippen MR) is 112 cm³/mol. The van der Waals surface area contributed by atoms with Gasteiger partial charge in [0, 0.05) is 49.5 Å². The van der Waals surface area contributed by atoms with Gasteiger partial charge >= 0.3 is 0 Å². The molecule has 1 aliphatic carbocycles. The summed E-state index contributed by atoms with van der Waals surface area (Å²) in [5.41, 5.74) is 6.69. The molecule has 3 rings (SSSR count). The molecule has 150 valence electrons. The van der Waals surface area contributed by atoms with Crippen molar-refractivity contribution in [3.63, 3.8) is 0 Å². The molecule has 1 aromatic heterocycles. The summed E-state index contributed by atoms with van der Waals surface area (Å²) < 4.78 is 5.70. The van der Waals surface area contributed by atoms with Crippen molar-refractivity contribution in [2.45, 2.75) is 51.8 Å². The van der Waals surface area contributed by atoms with Gasteiger partial charge in [-0.1, -0.05) is 13.8 Å². The van der Waals surface area contributed by atoms with E-state index in [2.05, 4.69) is 21.7 Å². The number of fused-ring (bicyclic) bond motifs is 1. The maximum Gasteiger partial charge on any atom is 0.240 e. The van der Waals surface area contributed by atoms with Crippen LogP contribution < -0.4 is 11.1 Å². The monoisotopic (exact) mass is 423 g/mol. The lowest BCUT2D eigenvalue weighted by Gasteiger charge is -2.57. The molecule has 1 aliphatic heterocycles. The van der Waals surface area contributed by atoms with E-state index in [0.29, 0.717) is 19.6 Å². The third-order valence-electron chi connectivity index (χ3n) is 5.84. The number of rotatable bonds is 6. The van der Waals surface area contributed by atoms with Crippen molar-refractivity contribution in [1.82, 2.24) is 10.2 Å². The first-order chi connectivity index (χ1) is 11.4. The minimum Gasteiger partial charge on any atom is -0.378 e. The van der Waals surface area contributed by atoms with E-state index >= 15 is 0 Å². The molecule has 0 saturated heterocycles. The van der Waals surface area contributed by atoms with Crippen molar-refractivity contribution in [3.05, 3.63) is 21.9 Å². The predicted octanol–water partition coefficient (Wildman–Crippen LogP) is 2.60. The highest BCUT2D eigenvalue weighted by Crippen LogP contribution is 2.49. The number of nitrogens with two attached hydrogens (primary N) is 1. The molecule has 2 heterocycles. The van der Waals surface area contributed by atoms with Gasteiger partial charge in [-0.05, 0) is 30.4 Å². The number of amides is 1. The number of nitrogens with one attached hydrogen (secondary N) is 1. The fourth-order valence-electron chi connectivity index (χ4n) is 3.80. The molecule has 2 atom stereocenters. The molecule has 1 saturated carbocycles. The van der Waals surface area contributed by atoms with Crippen LogP contribution in [0, 0.1) is 5.41 Å². The van der Waals surface area contributed by atoms with E-state index in [1.807, 2.05) is 32.1 Å². The Bertz CT molecular complexity index is 611. The lowest BCUT2D eigenvalue weighted by molar-refractivity contribution is -0.170. The maximum absolute atomic E-state index is 12.6. The zero-order chi connectivity index (χ0) is 17.4. The quantitative estimate of drug-likeness (QED) is 0.737. The van der Waals surface area contributed by atoms with Crippen LogP contribution in [-0.2, 0) is 22.5 Å². The Hall–Kier alpha value is -0.370. The molecule has 3 N–H and O–H groups in total. The van der Waals surface area contributed by atoms with Crippen LogP contribution in [0.2, 0.25) is 0 Å². The molecular formula is C18H31Cl2N3O2S. The van der Waals surface area contributed by atoms with E-state index in [1.54, 1.807) is 0 Å². The summed E-state index contributed by atoms with van der Waals surface area (Å²) in [5.74, 6) is -0.0447. The number of hydrogen-bond acceptors (Lipinski definition) is 5. The van der Waals surface area contributed by atoms with Gasteiger partial charge in [-0.3, -0.25) is 9.69 Å². The summed E-state index contributed by atoms with van der Waals surface area (Å²) in [5, 5.41) is 5.22. The van der Waals surface area contributed by atoms with Crippen LogP contribution in [0.15, 0.2) is 11.4 Å². The fraction of sp³-hybridized carbons (Fsp3) is 0.722. The second-order valence-corrected chi connectivity index (χ2v) is 8.49. The molecule has 1 amide bonds. The van der Waals surface area contributed by atoms with E-state index < -0.39 is 5.54 Å². The van der Waals surface area contributed by atoms with Crippen molar-refractivity contribution in [2.24, 2.45) is 11.1 Å². The molecule has 8 heteroatoms. The second-order valence-electron chi connectivity index (χ2n) is 7.49. The number of halogens is 2. The van der Waals surface area contributed by atoms with Crippen LogP contribution in [0.3, 0.4) is 0 Å². The van der Waals surface area contributed by atoms with Crippen LogP contribution in [0.1, 0.15) is 37.6 Å². The van der Waals surface area contributed by atoms with E-state index in [1.165, 1.54) is 10.4 Å². The third-order valence-corrected chi connectivity index (χ3v) is 6.86. The van der Waals surface area contributed by atoms with Gasteiger partial charge in [-0.15, -0.1) is 36.2 Å². The highest BCUT2D eigenvalue weighted by molar-refractivity contribution is 7.10. The van der Waals surface area contributed by atoms with E-state index in [0.717, 1.165) is 26.1 Å². The summed E-state index contributed by atoms with van der Waals surface area (Å²) >= 11 is 1.85. The Kier molecular flexibility index (Phi) is 8.39. The molecule has 0 bridgehead atoms. The molecule has 0 radical (unpaired) electrons. The topological polar surface area (TPSA) is 67.6 Å². The van der Waals surface area contributed by atoms with Gasteiger partial charge in [-0.2, -0.15) is 0 Å². The highest BCUT2D eigenvalue weighted by Gasteiger charge is 2.62. The number of thiophene rings is 1. The molecule has 1 fully saturated rings. The van der Waals surface area contributed by atoms with Crippen LogP contribution in [0.25, 0.3) is 0 Å². The maximum atomic E-state index is 12.6. The largest absolute Gasteiger partial charge is 0.378 e. The molecule has 2 aliphatic rings. The van der Waals surface area contributed by atoms with Gasteiger partial charge in [0.25, 0.3) is 0 Å². The molecule has 2 unspecified atom stereocenters. The standard InChI is InChI=1S/C18H29N3O2S.2ClH/c1-4-23-15-11-18(19,17(15,2)3)16(22)20-7-9-21-8-5-14-13(12-21)6-10-24-14;;/h6,10,15H,4-5,7-9,11-12,19H2,1-3H3,(H,20,22);2*1H. The molecule has 1 aromatic rings.